The fourth-order valence-corrected chi connectivity index (χ4v) is 2.06. The summed E-state index contributed by atoms with van der Waals surface area (Å²) in [6, 6.07) is 7.89. The van der Waals surface area contributed by atoms with Gasteiger partial charge in [0.25, 0.3) is 0 Å². The molecule has 4 nitrogen and oxygen atoms in total. The summed E-state index contributed by atoms with van der Waals surface area (Å²) in [6.45, 7) is 4.15. The Hall–Kier alpha value is -1.17. The van der Waals surface area contributed by atoms with Crippen molar-refractivity contribution in [2.45, 2.75) is 0 Å². The fraction of sp³-hybridized carbons (Fsp3) is 0.417. The molecule has 0 aliphatic carbocycles. The van der Waals surface area contributed by atoms with Gasteiger partial charge in [-0.2, -0.15) is 0 Å². The standard InChI is InChI=1S/C12H18N4S/c1-15-6-8-16(9-7-15)14-11-5-3-2-4-10(11)12(13)17/h2-5,14H,6-9H2,1H3,(H2,13,17). The number of piperazine rings is 1. The molecule has 0 atom stereocenters. The Labute approximate surface area is 107 Å². The lowest BCUT2D eigenvalue weighted by molar-refractivity contribution is 0.179. The van der Waals surface area contributed by atoms with Crippen molar-refractivity contribution in [1.29, 1.82) is 0 Å². The Kier molecular flexibility index (Phi) is 3.93. The van der Waals surface area contributed by atoms with Gasteiger partial charge in [0.15, 0.2) is 0 Å². The smallest absolute Gasteiger partial charge is 0.106 e. The van der Waals surface area contributed by atoms with E-state index in [2.05, 4.69) is 22.4 Å². The molecule has 1 aromatic rings. The monoisotopic (exact) mass is 250 g/mol. The van der Waals surface area contributed by atoms with Crippen molar-refractivity contribution in [1.82, 2.24) is 9.91 Å². The van der Waals surface area contributed by atoms with Crippen molar-refractivity contribution in [2.24, 2.45) is 5.73 Å². The second kappa shape index (κ2) is 5.44. The molecule has 1 heterocycles. The van der Waals surface area contributed by atoms with Crippen LogP contribution in [0, 0.1) is 0 Å². The van der Waals surface area contributed by atoms with Crippen LogP contribution < -0.4 is 11.2 Å². The first-order valence-corrected chi connectivity index (χ1v) is 6.16. The van der Waals surface area contributed by atoms with E-state index in [0.29, 0.717) is 4.99 Å². The highest BCUT2D eigenvalue weighted by atomic mass is 32.1. The molecule has 1 aliphatic heterocycles. The van der Waals surface area contributed by atoms with Gasteiger partial charge in [-0.15, -0.1) is 0 Å². The van der Waals surface area contributed by atoms with E-state index in [9.17, 15) is 0 Å². The lowest BCUT2D eigenvalue weighted by Crippen LogP contribution is -2.47. The average molecular weight is 250 g/mol. The molecule has 0 saturated carbocycles. The van der Waals surface area contributed by atoms with Crippen molar-refractivity contribution >= 4 is 22.9 Å². The Bertz CT molecular complexity index is 399. The van der Waals surface area contributed by atoms with E-state index in [1.165, 1.54) is 0 Å². The molecule has 0 radical (unpaired) electrons. The third-order valence-electron chi connectivity index (χ3n) is 2.97. The van der Waals surface area contributed by atoms with E-state index in [4.69, 9.17) is 18.0 Å². The van der Waals surface area contributed by atoms with Crippen molar-refractivity contribution in [2.75, 3.05) is 38.7 Å². The highest BCUT2D eigenvalue weighted by molar-refractivity contribution is 7.80. The zero-order valence-electron chi connectivity index (χ0n) is 10.0. The molecule has 0 amide bonds. The minimum Gasteiger partial charge on any atom is -0.389 e. The molecule has 2 rings (SSSR count). The molecule has 3 N–H and O–H groups in total. The maximum atomic E-state index is 5.71. The summed E-state index contributed by atoms with van der Waals surface area (Å²) in [5.41, 5.74) is 11.0. The second-order valence-electron chi connectivity index (χ2n) is 4.31. The molecular formula is C12H18N4S. The van der Waals surface area contributed by atoms with E-state index in [1.54, 1.807) is 0 Å². The molecule has 5 heteroatoms. The topological polar surface area (TPSA) is 44.5 Å². The van der Waals surface area contributed by atoms with Gasteiger partial charge in [-0.3, -0.25) is 0 Å². The van der Waals surface area contributed by atoms with Gasteiger partial charge in [-0.05, 0) is 19.2 Å². The van der Waals surface area contributed by atoms with Crippen molar-refractivity contribution in [3.05, 3.63) is 29.8 Å². The first kappa shape index (κ1) is 12.3. The molecule has 0 bridgehead atoms. The minimum absolute atomic E-state index is 0.433. The quantitative estimate of drug-likeness (QED) is 0.780. The number of anilines is 1. The van der Waals surface area contributed by atoms with Gasteiger partial charge in [0, 0.05) is 31.7 Å². The summed E-state index contributed by atoms with van der Waals surface area (Å²) >= 11 is 5.05. The van der Waals surface area contributed by atoms with E-state index in [0.717, 1.165) is 37.4 Å². The minimum atomic E-state index is 0.433. The van der Waals surface area contributed by atoms with Crippen LogP contribution in [-0.4, -0.2) is 48.1 Å². The van der Waals surface area contributed by atoms with Gasteiger partial charge in [-0.25, -0.2) is 5.01 Å². The van der Waals surface area contributed by atoms with E-state index in [-0.39, 0.29) is 0 Å². The number of para-hydroxylation sites is 1. The van der Waals surface area contributed by atoms with Gasteiger partial charge in [0.2, 0.25) is 0 Å². The number of hydrogen-bond acceptors (Lipinski definition) is 4. The van der Waals surface area contributed by atoms with E-state index in [1.807, 2.05) is 24.3 Å². The van der Waals surface area contributed by atoms with Crippen LogP contribution in [0.3, 0.4) is 0 Å². The molecular weight excluding hydrogens is 232 g/mol. The third kappa shape index (κ3) is 3.15. The van der Waals surface area contributed by atoms with Gasteiger partial charge in [0.05, 0.1) is 5.69 Å². The summed E-state index contributed by atoms with van der Waals surface area (Å²) in [6.07, 6.45) is 0. The Morgan fingerprint density at radius 2 is 1.88 bits per heavy atom. The number of nitrogens with two attached hydrogens (primary N) is 1. The zero-order chi connectivity index (χ0) is 12.3. The maximum Gasteiger partial charge on any atom is 0.106 e. The van der Waals surface area contributed by atoms with Crippen LogP contribution in [-0.2, 0) is 0 Å². The number of nitrogens with one attached hydrogen (secondary N) is 1. The van der Waals surface area contributed by atoms with E-state index < -0.39 is 0 Å². The highest BCUT2D eigenvalue weighted by Crippen LogP contribution is 2.16. The molecule has 0 aromatic heterocycles. The molecule has 1 aliphatic rings. The largest absolute Gasteiger partial charge is 0.389 e. The number of rotatable bonds is 3. The van der Waals surface area contributed by atoms with Crippen molar-refractivity contribution in [3.8, 4) is 0 Å². The summed E-state index contributed by atoms with van der Waals surface area (Å²) < 4.78 is 0. The van der Waals surface area contributed by atoms with Crippen LogP contribution in [0.5, 0.6) is 0 Å². The maximum absolute atomic E-state index is 5.71. The Morgan fingerprint density at radius 1 is 1.24 bits per heavy atom. The molecule has 1 aromatic carbocycles. The van der Waals surface area contributed by atoms with Crippen LogP contribution in [0.4, 0.5) is 5.69 Å². The van der Waals surface area contributed by atoms with Crippen LogP contribution in [0.1, 0.15) is 5.56 Å². The Morgan fingerprint density at radius 3 is 2.53 bits per heavy atom. The summed E-state index contributed by atoms with van der Waals surface area (Å²) in [5.74, 6) is 0. The predicted octanol–water partition coefficient (Wildman–Crippen LogP) is 0.895. The Balaban J connectivity index is 2.05. The lowest BCUT2D eigenvalue weighted by Gasteiger charge is -2.33. The number of hydrazine groups is 1. The molecule has 92 valence electrons. The first-order chi connectivity index (χ1) is 8.16. The average Bonchev–Trinajstić information content (AvgIpc) is 2.32. The third-order valence-corrected chi connectivity index (χ3v) is 3.19. The van der Waals surface area contributed by atoms with Crippen LogP contribution in [0.2, 0.25) is 0 Å². The summed E-state index contributed by atoms with van der Waals surface area (Å²) in [7, 11) is 2.14. The van der Waals surface area contributed by atoms with Gasteiger partial charge < -0.3 is 16.1 Å². The number of benzene rings is 1. The normalized spacial score (nSPS) is 17.9. The second-order valence-corrected chi connectivity index (χ2v) is 4.75. The number of hydrogen-bond donors (Lipinski definition) is 2. The van der Waals surface area contributed by atoms with E-state index >= 15 is 0 Å². The summed E-state index contributed by atoms with van der Waals surface area (Å²) in [5, 5.41) is 2.21. The molecule has 1 fully saturated rings. The van der Waals surface area contributed by atoms with Crippen LogP contribution in [0.25, 0.3) is 0 Å². The van der Waals surface area contributed by atoms with Crippen LogP contribution >= 0.6 is 12.2 Å². The van der Waals surface area contributed by atoms with Gasteiger partial charge in [0.1, 0.15) is 4.99 Å². The van der Waals surface area contributed by atoms with Crippen LogP contribution in [0.15, 0.2) is 24.3 Å². The predicted molar refractivity (Wildman–Crippen MR) is 75.0 cm³/mol. The van der Waals surface area contributed by atoms with Gasteiger partial charge in [-0.1, -0.05) is 24.4 Å². The number of nitrogens with zero attached hydrogens (tertiary/aromatic N) is 2. The zero-order valence-corrected chi connectivity index (χ0v) is 10.8. The van der Waals surface area contributed by atoms with Crippen molar-refractivity contribution in [3.63, 3.8) is 0 Å². The first-order valence-electron chi connectivity index (χ1n) is 5.76. The molecule has 0 spiro atoms. The number of thiocarbonyl (C=S) groups is 1. The summed E-state index contributed by atoms with van der Waals surface area (Å²) in [4.78, 5) is 2.75. The van der Waals surface area contributed by atoms with Gasteiger partial charge >= 0.3 is 0 Å². The van der Waals surface area contributed by atoms with Crippen molar-refractivity contribution < 1.29 is 0 Å². The molecule has 17 heavy (non-hydrogen) atoms. The lowest BCUT2D eigenvalue weighted by atomic mass is 10.2. The number of likely N-dealkylation sites (N-methyl/N-ethyl adjacent to an activating group) is 1. The highest BCUT2D eigenvalue weighted by Gasteiger charge is 2.14. The molecule has 0 unspecified atom stereocenters. The fourth-order valence-electron chi connectivity index (χ4n) is 1.88. The molecule has 1 saturated heterocycles. The SMILES string of the molecule is CN1CCN(Nc2ccccc2C(N)=S)CC1.